The van der Waals surface area contributed by atoms with Gasteiger partial charge in [-0.15, -0.1) is 0 Å². The monoisotopic (exact) mass is 385 g/mol. The highest BCUT2D eigenvalue weighted by Crippen LogP contribution is 2.40. The molecular formula is C21H27N3O4. The van der Waals surface area contributed by atoms with Crippen LogP contribution in [0.15, 0.2) is 28.3 Å². The lowest BCUT2D eigenvalue weighted by molar-refractivity contribution is -0.155. The first-order valence-corrected chi connectivity index (χ1v) is 10.0. The molecule has 3 aliphatic rings. The summed E-state index contributed by atoms with van der Waals surface area (Å²) >= 11 is 0. The van der Waals surface area contributed by atoms with E-state index in [9.17, 15) is 19.2 Å². The lowest BCUT2D eigenvalue weighted by Crippen LogP contribution is -2.65. The molecule has 7 nitrogen and oxygen atoms in total. The number of carbonyl (C=O) groups is 4. The average molecular weight is 385 g/mol. The van der Waals surface area contributed by atoms with Gasteiger partial charge in [0.1, 0.15) is 5.41 Å². The van der Waals surface area contributed by atoms with Crippen molar-refractivity contribution in [2.75, 3.05) is 19.6 Å². The fourth-order valence-corrected chi connectivity index (χ4v) is 4.01. The maximum Gasteiger partial charge on any atom is 0.333 e. The maximum atomic E-state index is 13.3. The number of aliphatic imine (C=N–C) groups is 1. The molecule has 0 saturated carbocycles. The summed E-state index contributed by atoms with van der Waals surface area (Å²) in [6, 6.07) is -0.701. The van der Waals surface area contributed by atoms with Gasteiger partial charge < -0.3 is 0 Å². The Balaban J connectivity index is 1.95. The lowest BCUT2D eigenvalue weighted by Gasteiger charge is -2.43. The summed E-state index contributed by atoms with van der Waals surface area (Å²) in [5.74, 6) is -1.40. The molecule has 0 aromatic heterocycles. The van der Waals surface area contributed by atoms with Gasteiger partial charge >= 0.3 is 6.03 Å². The Morgan fingerprint density at radius 2 is 1.86 bits per heavy atom. The Morgan fingerprint density at radius 3 is 2.46 bits per heavy atom. The summed E-state index contributed by atoms with van der Waals surface area (Å²) in [5, 5.41) is 0. The maximum absolute atomic E-state index is 13.3. The van der Waals surface area contributed by atoms with Gasteiger partial charge in [-0.05, 0) is 51.0 Å². The average Bonchev–Trinajstić information content (AvgIpc) is 2.74. The van der Waals surface area contributed by atoms with Gasteiger partial charge in [0, 0.05) is 24.9 Å². The Morgan fingerprint density at radius 1 is 1.11 bits per heavy atom. The Bertz CT molecular complexity index is 795. The van der Waals surface area contributed by atoms with Crippen molar-refractivity contribution in [3.05, 3.63) is 23.3 Å². The third kappa shape index (κ3) is 3.45. The van der Waals surface area contributed by atoms with Crippen molar-refractivity contribution >= 4 is 29.8 Å². The first-order valence-electron chi connectivity index (χ1n) is 10.0. The highest BCUT2D eigenvalue weighted by molar-refractivity contribution is 6.23. The van der Waals surface area contributed by atoms with Crippen molar-refractivity contribution in [3.8, 4) is 0 Å². The third-order valence-electron chi connectivity index (χ3n) is 5.66. The zero-order valence-electron chi connectivity index (χ0n) is 16.6. The number of ketones is 1. The number of hydrogen-bond acceptors (Lipinski definition) is 5. The second kappa shape index (κ2) is 8.20. The third-order valence-corrected chi connectivity index (χ3v) is 5.66. The molecule has 0 bridgehead atoms. The number of amides is 4. The minimum absolute atomic E-state index is 0.225. The van der Waals surface area contributed by atoms with Crippen molar-refractivity contribution in [1.82, 2.24) is 9.80 Å². The molecule has 2 aliphatic heterocycles. The number of Topliss-reactive ketones (excluding diaryl/α,β-unsaturated/α-hetero) is 1. The summed E-state index contributed by atoms with van der Waals surface area (Å²) in [6.45, 7) is 3.95. The molecule has 0 spiro atoms. The predicted octanol–water partition coefficient (Wildman–Crippen LogP) is 2.66. The van der Waals surface area contributed by atoms with Gasteiger partial charge in [0.15, 0.2) is 5.78 Å². The van der Waals surface area contributed by atoms with E-state index >= 15 is 0 Å². The van der Waals surface area contributed by atoms with Gasteiger partial charge in [-0.3, -0.25) is 29.2 Å². The Labute approximate surface area is 165 Å². The standard InChI is InChI=1S/C21H27N3O4/c1-3-12-23-18(26)21(2,16-9-5-4-6-10-16)19(27)24(20(23)28)14-17(25)15-8-7-11-22-13-15/h8-9,13H,3-7,10-12,14H2,1-2H3. The van der Waals surface area contributed by atoms with E-state index in [0.717, 1.165) is 34.6 Å². The van der Waals surface area contributed by atoms with Crippen LogP contribution in [0.1, 0.15) is 52.4 Å². The van der Waals surface area contributed by atoms with E-state index in [2.05, 4.69) is 4.99 Å². The van der Waals surface area contributed by atoms with Crippen LogP contribution in [0.3, 0.4) is 0 Å². The van der Waals surface area contributed by atoms with Crippen molar-refractivity contribution in [2.45, 2.75) is 52.4 Å². The molecule has 28 heavy (non-hydrogen) atoms. The number of allylic oxidation sites excluding steroid dienone is 1. The zero-order chi connectivity index (χ0) is 20.3. The Hall–Kier alpha value is -2.57. The van der Waals surface area contributed by atoms with Crippen LogP contribution in [-0.4, -0.2) is 59.3 Å². The van der Waals surface area contributed by atoms with Gasteiger partial charge in [-0.1, -0.05) is 19.1 Å². The van der Waals surface area contributed by atoms with Crippen LogP contribution in [0.4, 0.5) is 4.79 Å². The SMILES string of the molecule is CCCN1C(=O)N(CC(=O)C2=CCCN=C2)C(=O)C(C)(C2=CCCCC2)C1=O. The van der Waals surface area contributed by atoms with Crippen LogP contribution in [0, 0.1) is 5.41 Å². The van der Waals surface area contributed by atoms with E-state index in [1.54, 1.807) is 13.0 Å². The zero-order valence-corrected chi connectivity index (χ0v) is 16.6. The van der Waals surface area contributed by atoms with Crippen LogP contribution < -0.4 is 0 Å². The van der Waals surface area contributed by atoms with Gasteiger partial charge in [0.2, 0.25) is 5.91 Å². The lowest BCUT2D eigenvalue weighted by atomic mass is 9.73. The topological polar surface area (TPSA) is 87.1 Å². The number of hydrogen-bond donors (Lipinski definition) is 0. The van der Waals surface area contributed by atoms with E-state index in [4.69, 9.17) is 0 Å². The number of imide groups is 2. The largest absolute Gasteiger partial charge is 0.333 e. The fraction of sp³-hybridized carbons (Fsp3) is 0.571. The molecule has 1 unspecified atom stereocenters. The predicted molar refractivity (Wildman–Crippen MR) is 105 cm³/mol. The number of dihydropyridines is 1. The summed E-state index contributed by atoms with van der Waals surface area (Å²) < 4.78 is 0. The normalized spacial score (nSPS) is 25.7. The molecule has 0 radical (unpaired) electrons. The minimum atomic E-state index is -1.42. The summed E-state index contributed by atoms with van der Waals surface area (Å²) in [7, 11) is 0. The molecular weight excluding hydrogens is 358 g/mol. The highest BCUT2D eigenvalue weighted by atomic mass is 16.2. The molecule has 1 fully saturated rings. The molecule has 3 rings (SSSR count). The molecule has 2 heterocycles. The van der Waals surface area contributed by atoms with Crippen molar-refractivity contribution in [1.29, 1.82) is 0 Å². The van der Waals surface area contributed by atoms with Crippen LogP contribution in [0.25, 0.3) is 0 Å². The minimum Gasteiger partial charge on any atom is -0.292 e. The molecule has 1 aliphatic carbocycles. The summed E-state index contributed by atoms with van der Waals surface area (Å²) in [6.07, 6.45) is 9.85. The number of carbonyl (C=O) groups excluding carboxylic acids is 4. The number of nitrogens with zero attached hydrogens (tertiary/aromatic N) is 3. The first-order chi connectivity index (χ1) is 13.4. The highest BCUT2D eigenvalue weighted by Gasteiger charge is 2.56. The molecule has 1 saturated heterocycles. The van der Waals surface area contributed by atoms with Crippen LogP contribution >= 0.6 is 0 Å². The fourth-order valence-electron chi connectivity index (χ4n) is 4.01. The molecule has 150 valence electrons. The smallest absolute Gasteiger partial charge is 0.292 e. The van der Waals surface area contributed by atoms with Crippen LogP contribution in [0.2, 0.25) is 0 Å². The Kier molecular flexibility index (Phi) is 5.91. The van der Waals surface area contributed by atoms with E-state index < -0.39 is 23.3 Å². The molecule has 0 aromatic rings. The van der Waals surface area contributed by atoms with Crippen molar-refractivity contribution in [2.24, 2.45) is 10.4 Å². The molecule has 7 heteroatoms. The summed E-state index contributed by atoms with van der Waals surface area (Å²) in [5.41, 5.74) is -0.249. The summed E-state index contributed by atoms with van der Waals surface area (Å²) in [4.78, 5) is 58.3. The van der Waals surface area contributed by atoms with E-state index in [1.807, 2.05) is 13.0 Å². The second-order valence-electron chi connectivity index (χ2n) is 7.64. The van der Waals surface area contributed by atoms with E-state index in [0.29, 0.717) is 31.4 Å². The van der Waals surface area contributed by atoms with Crippen LogP contribution in [0.5, 0.6) is 0 Å². The molecule has 0 N–H and O–H groups in total. The van der Waals surface area contributed by atoms with Crippen molar-refractivity contribution < 1.29 is 19.2 Å². The quantitative estimate of drug-likeness (QED) is 0.519. The van der Waals surface area contributed by atoms with Crippen molar-refractivity contribution in [3.63, 3.8) is 0 Å². The number of barbiturate groups is 1. The van der Waals surface area contributed by atoms with Gasteiger partial charge in [0.25, 0.3) is 5.91 Å². The van der Waals surface area contributed by atoms with Crippen LogP contribution in [-0.2, 0) is 14.4 Å². The molecule has 4 amide bonds. The number of urea groups is 1. The van der Waals surface area contributed by atoms with E-state index in [1.165, 1.54) is 6.21 Å². The van der Waals surface area contributed by atoms with Gasteiger partial charge in [-0.2, -0.15) is 0 Å². The second-order valence-corrected chi connectivity index (χ2v) is 7.64. The molecule has 1 atom stereocenters. The molecule has 0 aromatic carbocycles. The first kappa shape index (κ1) is 20.2. The van der Waals surface area contributed by atoms with Gasteiger partial charge in [-0.25, -0.2) is 4.79 Å². The van der Waals surface area contributed by atoms with E-state index in [-0.39, 0.29) is 18.9 Å². The van der Waals surface area contributed by atoms with Gasteiger partial charge in [0.05, 0.1) is 6.54 Å². The number of rotatable bonds is 6.